The van der Waals surface area contributed by atoms with Crippen molar-refractivity contribution in [2.45, 2.75) is 6.92 Å². The SMILES string of the molecule is Cc1nc2ccc(NC(=O)c3ccc(N4CCOC4=O)cc3)cc2s1. The fourth-order valence-corrected chi connectivity index (χ4v) is 3.61. The van der Waals surface area contributed by atoms with Crippen molar-refractivity contribution in [2.75, 3.05) is 23.4 Å². The molecule has 0 unspecified atom stereocenters. The summed E-state index contributed by atoms with van der Waals surface area (Å²) in [6.45, 7) is 2.87. The molecule has 1 fully saturated rings. The van der Waals surface area contributed by atoms with Gasteiger partial charge in [0.2, 0.25) is 0 Å². The molecule has 1 N–H and O–H groups in total. The van der Waals surface area contributed by atoms with Crippen LogP contribution in [0.3, 0.4) is 0 Å². The Morgan fingerprint density at radius 2 is 2.04 bits per heavy atom. The molecule has 2 amide bonds. The van der Waals surface area contributed by atoms with E-state index in [-0.39, 0.29) is 12.0 Å². The van der Waals surface area contributed by atoms with Crippen molar-refractivity contribution in [3.05, 3.63) is 53.0 Å². The van der Waals surface area contributed by atoms with Crippen molar-refractivity contribution in [3.8, 4) is 0 Å². The predicted octanol–water partition coefficient (Wildman–Crippen LogP) is 3.81. The number of carbonyl (C=O) groups is 2. The molecule has 0 aliphatic carbocycles. The Morgan fingerprint density at radius 1 is 1.24 bits per heavy atom. The van der Waals surface area contributed by atoms with Crippen LogP contribution < -0.4 is 10.2 Å². The minimum Gasteiger partial charge on any atom is -0.447 e. The lowest BCUT2D eigenvalue weighted by Gasteiger charge is -2.13. The van der Waals surface area contributed by atoms with Gasteiger partial charge in [0.25, 0.3) is 5.91 Å². The molecular formula is C18H15N3O3S. The summed E-state index contributed by atoms with van der Waals surface area (Å²) >= 11 is 1.59. The van der Waals surface area contributed by atoms with E-state index < -0.39 is 0 Å². The number of carbonyl (C=O) groups excluding carboxylic acids is 2. The van der Waals surface area contributed by atoms with Gasteiger partial charge < -0.3 is 10.1 Å². The van der Waals surface area contributed by atoms with Crippen LogP contribution in [0, 0.1) is 6.92 Å². The van der Waals surface area contributed by atoms with Gasteiger partial charge in [-0.05, 0) is 49.4 Å². The van der Waals surface area contributed by atoms with Gasteiger partial charge in [0.15, 0.2) is 0 Å². The van der Waals surface area contributed by atoms with E-state index in [4.69, 9.17) is 4.74 Å². The van der Waals surface area contributed by atoms with Crippen LogP contribution in [0.2, 0.25) is 0 Å². The molecule has 2 heterocycles. The van der Waals surface area contributed by atoms with E-state index in [0.717, 1.165) is 26.6 Å². The highest BCUT2D eigenvalue weighted by molar-refractivity contribution is 7.18. The normalized spacial score (nSPS) is 14.0. The van der Waals surface area contributed by atoms with Crippen molar-refractivity contribution in [1.29, 1.82) is 0 Å². The minimum absolute atomic E-state index is 0.198. The first-order valence-corrected chi connectivity index (χ1v) is 8.65. The lowest BCUT2D eigenvalue weighted by molar-refractivity contribution is 0.102. The van der Waals surface area contributed by atoms with Crippen molar-refractivity contribution in [2.24, 2.45) is 0 Å². The number of benzene rings is 2. The summed E-state index contributed by atoms with van der Waals surface area (Å²) in [5.41, 5.74) is 2.91. The molecule has 0 atom stereocenters. The third-order valence-corrected chi connectivity index (χ3v) is 4.89. The lowest BCUT2D eigenvalue weighted by atomic mass is 10.1. The molecule has 1 aromatic heterocycles. The first kappa shape index (κ1) is 15.6. The molecule has 1 saturated heterocycles. The van der Waals surface area contributed by atoms with Gasteiger partial charge in [0, 0.05) is 16.9 Å². The highest BCUT2D eigenvalue weighted by atomic mass is 32.1. The molecule has 1 aliphatic heterocycles. The Morgan fingerprint density at radius 3 is 2.76 bits per heavy atom. The number of ether oxygens (including phenoxy) is 1. The fourth-order valence-electron chi connectivity index (χ4n) is 2.74. The second-order valence-corrected chi connectivity index (χ2v) is 6.92. The number of hydrogen-bond donors (Lipinski definition) is 1. The number of nitrogens with zero attached hydrogens (tertiary/aromatic N) is 2. The van der Waals surface area contributed by atoms with Crippen LogP contribution >= 0.6 is 11.3 Å². The van der Waals surface area contributed by atoms with E-state index in [0.29, 0.717) is 18.7 Å². The van der Waals surface area contributed by atoms with E-state index in [2.05, 4.69) is 10.3 Å². The van der Waals surface area contributed by atoms with E-state index in [1.807, 2.05) is 25.1 Å². The van der Waals surface area contributed by atoms with Crippen LogP contribution in [0.5, 0.6) is 0 Å². The van der Waals surface area contributed by atoms with Crippen LogP contribution in [0.25, 0.3) is 10.2 Å². The number of aryl methyl sites for hydroxylation is 1. The van der Waals surface area contributed by atoms with Gasteiger partial charge in [-0.1, -0.05) is 0 Å². The van der Waals surface area contributed by atoms with Gasteiger partial charge in [-0.3, -0.25) is 9.69 Å². The van der Waals surface area contributed by atoms with Crippen molar-refractivity contribution < 1.29 is 14.3 Å². The maximum atomic E-state index is 12.4. The van der Waals surface area contributed by atoms with Gasteiger partial charge in [-0.25, -0.2) is 9.78 Å². The van der Waals surface area contributed by atoms with Crippen LogP contribution in [0.1, 0.15) is 15.4 Å². The quantitative estimate of drug-likeness (QED) is 0.777. The summed E-state index contributed by atoms with van der Waals surface area (Å²) in [5, 5.41) is 3.89. The highest BCUT2D eigenvalue weighted by Gasteiger charge is 2.23. The van der Waals surface area contributed by atoms with Crippen LogP contribution in [-0.2, 0) is 4.74 Å². The molecule has 4 rings (SSSR count). The number of amides is 2. The largest absolute Gasteiger partial charge is 0.447 e. The van der Waals surface area contributed by atoms with Gasteiger partial charge >= 0.3 is 6.09 Å². The van der Waals surface area contributed by atoms with Crippen LogP contribution in [0.4, 0.5) is 16.2 Å². The van der Waals surface area contributed by atoms with Gasteiger partial charge in [0.1, 0.15) is 6.61 Å². The molecule has 0 saturated carbocycles. The number of cyclic esters (lactones) is 1. The number of nitrogens with one attached hydrogen (secondary N) is 1. The Labute approximate surface area is 148 Å². The maximum absolute atomic E-state index is 12.4. The van der Waals surface area contributed by atoms with Gasteiger partial charge in [-0.15, -0.1) is 11.3 Å². The van der Waals surface area contributed by atoms with Crippen LogP contribution in [-0.4, -0.2) is 30.1 Å². The van der Waals surface area contributed by atoms with E-state index in [1.165, 1.54) is 0 Å². The zero-order chi connectivity index (χ0) is 17.4. The Balaban J connectivity index is 1.50. The number of hydrogen-bond acceptors (Lipinski definition) is 5. The number of anilines is 2. The Bertz CT molecular complexity index is 965. The third kappa shape index (κ3) is 3.06. The smallest absolute Gasteiger partial charge is 0.414 e. The molecule has 3 aromatic rings. The van der Waals surface area contributed by atoms with E-state index in [1.54, 1.807) is 40.5 Å². The number of rotatable bonds is 3. The molecule has 2 aromatic carbocycles. The first-order valence-electron chi connectivity index (χ1n) is 7.83. The maximum Gasteiger partial charge on any atom is 0.414 e. The Hall–Kier alpha value is -2.93. The number of fused-ring (bicyclic) bond motifs is 1. The summed E-state index contributed by atoms with van der Waals surface area (Å²) < 4.78 is 5.96. The zero-order valence-corrected chi connectivity index (χ0v) is 14.3. The highest BCUT2D eigenvalue weighted by Crippen LogP contribution is 2.25. The standard InChI is InChI=1S/C18H15N3O3S/c1-11-19-15-7-4-13(10-16(15)25-11)20-17(22)12-2-5-14(6-3-12)21-8-9-24-18(21)23/h2-7,10H,8-9H2,1H3,(H,20,22). The molecule has 6 nitrogen and oxygen atoms in total. The number of thiazole rings is 1. The molecule has 0 radical (unpaired) electrons. The molecule has 1 aliphatic rings. The Kier molecular flexibility index (Phi) is 3.85. The van der Waals surface area contributed by atoms with Crippen molar-refractivity contribution >= 4 is 44.9 Å². The molecular weight excluding hydrogens is 338 g/mol. The molecule has 7 heteroatoms. The van der Waals surface area contributed by atoms with Crippen molar-refractivity contribution in [1.82, 2.24) is 4.98 Å². The fraction of sp³-hybridized carbons (Fsp3) is 0.167. The minimum atomic E-state index is -0.356. The third-order valence-electron chi connectivity index (χ3n) is 3.96. The summed E-state index contributed by atoms with van der Waals surface area (Å²) in [6, 6.07) is 12.6. The topological polar surface area (TPSA) is 71.5 Å². The monoisotopic (exact) mass is 353 g/mol. The summed E-state index contributed by atoms with van der Waals surface area (Å²) in [6.07, 6.45) is -0.356. The number of aromatic nitrogens is 1. The van der Waals surface area contributed by atoms with Gasteiger partial charge in [-0.2, -0.15) is 0 Å². The van der Waals surface area contributed by atoms with Gasteiger partial charge in [0.05, 0.1) is 21.8 Å². The lowest BCUT2D eigenvalue weighted by Crippen LogP contribution is -2.23. The second kappa shape index (κ2) is 6.18. The summed E-state index contributed by atoms with van der Waals surface area (Å²) in [4.78, 5) is 29.9. The molecule has 126 valence electrons. The second-order valence-electron chi connectivity index (χ2n) is 5.68. The average Bonchev–Trinajstić information content (AvgIpc) is 3.19. The summed E-state index contributed by atoms with van der Waals surface area (Å²) in [7, 11) is 0. The molecule has 0 bridgehead atoms. The predicted molar refractivity (Wildman–Crippen MR) is 97.4 cm³/mol. The zero-order valence-electron chi connectivity index (χ0n) is 13.5. The molecule has 0 spiro atoms. The first-order chi connectivity index (χ1) is 12.1. The average molecular weight is 353 g/mol. The molecule has 25 heavy (non-hydrogen) atoms. The summed E-state index contributed by atoms with van der Waals surface area (Å²) in [5.74, 6) is -0.198. The van der Waals surface area contributed by atoms with E-state index >= 15 is 0 Å². The van der Waals surface area contributed by atoms with Crippen LogP contribution in [0.15, 0.2) is 42.5 Å². The van der Waals surface area contributed by atoms with Crippen molar-refractivity contribution in [3.63, 3.8) is 0 Å². The van der Waals surface area contributed by atoms with E-state index in [9.17, 15) is 9.59 Å².